The molecule has 0 saturated carbocycles. The summed E-state index contributed by atoms with van der Waals surface area (Å²) in [5, 5.41) is 5.26. The molecule has 3 rings (SSSR count). The minimum atomic E-state index is -0.639. The molecule has 0 radical (unpaired) electrons. The maximum atomic E-state index is 12.4. The van der Waals surface area contributed by atoms with Gasteiger partial charge in [0.15, 0.2) is 0 Å². The van der Waals surface area contributed by atoms with Gasteiger partial charge in [-0.05, 0) is 56.3 Å². The summed E-state index contributed by atoms with van der Waals surface area (Å²) in [6.07, 6.45) is 0. The number of hydrogen-bond donors (Lipinski definition) is 3. The van der Waals surface area contributed by atoms with Crippen molar-refractivity contribution in [2.45, 2.75) is 13.8 Å². The Morgan fingerprint density at radius 1 is 0.840 bits per heavy atom. The summed E-state index contributed by atoms with van der Waals surface area (Å²) >= 11 is 0. The molecule has 3 amide bonds. The lowest BCUT2D eigenvalue weighted by Gasteiger charge is -2.08. The molecule has 4 N–H and O–H groups in total. The van der Waals surface area contributed by atoms with Crippen molar-refractivity contribution in [2.24, 2.45) is 5.73 Å². The van der Waals surface area contributed by atoms with Crippen molar-refractivity contribution in [3.63, 3.8) is 0 Å². The van der Waals surface area contributed by atoms with Gasteiger partial charge in [0.05, 0.1) is 22.4 Å². The second-order valence-electron chi connectivity index (χ2n) is 5.62. The van der Waals surface area contributed by atoms with Crippen LogP contribution in [0.25, 0.3) is 11.0 Å². The predicted octanol–water partition coefficient (Wildman–Crippen LogP) is 2.99. The van der Waals surface area contributed by atoms with Gasteiger partial charge in [0.1, 0.15) is 0 Å². The van der Waals surface area contributed by atoms with Crippen LogP contribution in [-0.4, -0.2) is 21.9 Å². The maximum absolute atomic E-state index is 12.4. The van der Waals surface area contributed by atoms with E-state index in [2.05, 4.69) is 20.6 Å². The molecule has 0 atom stereocenters. The molecule has 0 fully saturated rings. The Hall–Kier alpha value is -3.48. The third-order valence-electron chi connectivity index (χ3n) is 3.75. The molecule has 3 aromatic rings. The fourth-order valence-electron chi connectivity index (χ4n) is 2.35. The van der Waals surface area contributed by atoms with Gasteiger partial charge in [-0.3, -0.25) is 4.79 Å². The molecule has 0 unspecified atom stereocenters. The first kappa shape index (κ1) is 16.4. The van der Waals surface area contributed by atoms with Crippen molar-refractivity contribution in [3.05, 3.63) is 59.4 Å². The minimum absolute atomic E-state index is 0.252. The van der Waals surface area contributed by atoms with E-state index in [-0.39, 0.29) is 5.91 Å². The van der Waals surface area contributed by atoms with Crippen LogP contribution in [0.2, 0.25) is 0 Å². The summed E-state index contributed by atoms with van der Waals surface area (Å²) in [6.45, 7) is 3.79. The Balaban J connectivity index is 1.79. The Morgan fingerprint density at radius 2 is 1.40 bits per heavy atom. The van der Waals surface area contributed by atoms with Crippen LogP contribution >= 0.6 is 0 Å². The van der Waals surface area contributed by atoms with Crippen LogP contribution < -0.4 is 16.4 Å². The van der Waals surface area contributed by atoms with Gasteiger partial charge in [0.25, 0.3) is 5.91 Å². The van der Waals surface area contributed by atoms with Gasteiger partial charge >= 0.3 is 6.03 Å². The molecular weight excluding hydrogens is 318 g/mol. The third-order valence-corrected chi connectivity index (χ3v) is 3.75. The van der Waals surface area contributed by atoms with Crippen LogP contribution in [-0.2, 0) is 0 Å². The van der Waals surface area contributed by atoms with Gasteiger partial charge in [-0.1, -0.05) is 0 Å². The molecule has 1 heterocycles. The summed E-state index contributed by atoms with van der Waals surface area (Å²) in [4.78, 5) is 32.1. The van der Waals surface area contributed by atoms with Gasteiger partial charge in [-0.15, -0.1) is 0 Å². The molecule has 0 bridgehead atoms. The number of benzene rings is 2. The van der Waals surface area contributed by atoms with E-state index < -0.39 is 6.03 Å². The molecule has 0 aliphatic carbocycles. The summed E-state index contributed by atoms with van der Waals surface area (Å²) in [5.41, 5.74) is 9.83. The van der Waals surface area contributed by atoms with Crippen LogP contribution in [0, 0.1) is 13.8 Å². The molecule has 0 spiro atoms. The Bertz CT molecular complexity index is 967. The van der Waals surface area contributed by atoms with Crippen molar-refractivity contribution >= 4 is 34.3 Å². The van der Waals surface area contributed by atoms with Crippen LogP contribution in [0.15, 0.2) is 42.5 Å². The lowest BCUT2D eigenvalue weighted by molar-refractivity contribution is 0.102. The number of hydrogen-bond acceptors (Lipinski definition) is 4. The van der Waals surface area contributed by atoms with E-state index in [0.29, 0.717) is 22.5 Å². The maximum Gasteiger partial charge on any atom is 0.316 e. The van der Waals surface area contributed by atoms with Gasteiger partial charge in [0, 0.05) is 16.9 Å². The lowest BCUT2D eigenvalue weighted by atomic mass is 10.1. The number of urea groups is 1. The van der Waals surface area contributed by atoms with Crippen molar-refractivity contribution < 1.29 is 9.59 Å². The van der Waals surface area contributed by atoms with Crippen LogP contribution in [0.1, 0.15) is 21.7 Å². The highest BCUT2D eigenvalue weighted by Crippen LogP contribution is 2.17. The number of primary amides is 1. The highest BCUT2D eigenvalue weighted by molar-refractivity contribution is 6.06. The number of nitrogens with one attached hydrogen (secondary N) is 2. The lowest BCUT2D eigenvalue weighted by Crippen LogP contribution is -2.19. The molecule has 7 nitrogen and oxygen atoms in total. The number of nitrogens with two attached hydrogens (primary N) is 1. The van der Waals surface area contributed by atoms with Crippen LogP contribution in [0.3, 0.4) is 0 Å². The van der Waals surface area contributed by atoms with Crippen molar-refractivity contribution in [2.75, 3.05) is 10.6 Å². The number of fused-ring (bicyclic) bond motifs is 1. The van der Waals surface area contributed by atoms with E-state index in [4.69, 9.17) is 5.73 Å². The van der Waals surface area contributed by atoms with E-state index in [1.54, 1.807) is 42.5 Å². The van der Waals surface area contributed by atoms with E-state index in [0.717, 1.165) is 16.9 Å². The SMILES string of the molecule is Cc1nc2ccc(C(=O)Nc3ccc(NC(N)=O)cc3)cc2nc1C. The van der Waals surface area contributed by atoms with Crippen molar-refractivity contribution in [1.82, 2.24) is 9.97 Å². The molecule has 1 aromatic heterocycles. The fraction of sp³-hybridized carbons (Fsp3) is 0.111. The average molecular weight is 335 g/mol. The van der Waals surface area contributed by atoms with E-state index in [1.165, 1.54) is 0 Å². The predicted molar refractivity (Wildman–Crippen MR) is 96.6 cm³/mol. The van der Waals surface area contributed by atoms with Gasteiger partial charge < -0.3 is 16.4 Å². The van der Waals surface area contributed by atoms with E-state index >= 15 is 0 Å². The minimum Gasteiger partial charge on any atom is -0.351 e. The first-order chi connectivity index (χ1) is 11.9. The first-order valence-corrected chi connectivity index (χ1v) is 7.65. The van der Waals surface area contributed by atoms with Crippen molar-refractivity contribution in [3.8, 4) is 0 Å². The monoisotopic (exact) mass is 335 g/mol. The standard InChI is InChI=1S/C18H17N5O2/c1-10-11(2)21-16-9-12(3-8-15(16)20-10)17(24)22-13-4-6-14(7-5-13)23-18(19)25/h3-9H,1-2H3,(H,22,24)(H3,19,23,25). The van der Waals surface area contributed by atoms with E-state index in [1.807, 2.05) is 13.8 Å². The van der Waals surface area contributed by atoms with Gasteiger partial charge in [0.2, 0.25) is 0 Å². The highest BCUT2D eigenvalue weighted by Gasteiger charge is 2.09. The number of amides is 3. The molecule has 2 aromatic carbocycles. The second kappa shape index (κ2) is 6.56. The van der Waals surface area contributed by atoms with Gasteiger partial charge in [-0.2, -0.15) is 0 Å². The molecule has 7 heteroatoms. The molecular formula is C18H17N5O2. The van der Waals surface area contributed by atoms with Crippen LogP contribution in [0.4, 0.5) is 16.2 Å². The smallest absolute Gasteiger partial charge is 0.316 e. The zero-order chi connectivity index (χ0) is 18.0. The summed E-state index contributed by atoms with van der Waals surface area (Å²) in [5.74, 6) is -0.252. The largest absolute Gasteiger partial charge is 0.351 e. The van der Waals surface area contributed by atoms with Gasteiger partial charge in [-0.25, -0.2) is 14.8 Å². The second-order valence-corrected chi connectivity index (χ2v) is 5.62. The van der Waals surface area contributed by atoms with Crippen LogP contribution in [0.5, 0.6) is 0 Å². The summed E-state index contributed by atoms with van der Waals surface area (Å²) < 4.78 is 0. The normalized spacial score (nSPS) is 10.5. The molecule has 0 aliphatic rings. The highest BCUT2D eigenvalue weighted by atomic mass is 16.2. The topological polar surface area (TPSA) is 110 Å². The van der Waals surface area contributed by atoms with E-state index in [9.17, 15) is 9.59 Å². The zero-order valence-corrected chi connectivity index (χ0v) is 13.8. The Kier molecular flexibility index (Phi) is 4.30. The first-order valence-electron chi connectivity index (χ1n) is 7.65. The Labute approximate surface area is 144 Å². The van der Waals surface area contributed by atoms with Crippen molar-refractivity contribution in [1.29, 1.82) is 0 Å². The third kappa shape index (κ3) is 3.72. The number of carbonyl (C=O) groups is 2. The molecule has 126 valence electrons. The summed E-state index contributed by atoms with van der Waals surface area (Å²) in [6, 6.07) is 11.2. The number of rotatable bonds is 3. The fourth-order valence-corrected chi connectivity index (χ4v) is 2.35. The number of aryl methyl sites for hydroxylation is 2. The molecule has 0 aliphatic heterocycles. The molecule has 25 heavy (non-hydrogen) atoms. The number of anilines is 2. The summed E-state index contributed by atoms with van der Waals surface area (Å²) in [7, 11) is 0. The number of carbonyl (C=O) groups excluding carboxylic acids is 2. The zero-order valence-electron chi connectivity index (χ0n) is 13.8. The average Bonchev–Trinajstić information content (AvgIpc) is 2.57. The number of nitrogens with zero attached hydrogens (tertiary/aromatic N) is 2. The number of aromatic nitrogens is 2. The quantitative estimate of drug-likeness (QED) is 0.683. The Morgan fingerprint density at radius 3 is 2.00 bits per heavy atom. The molecule has 0 saturated heterocycles.